The molecule has 0 aliphatic carbocycles. The van der Waals surface area contributed by atoms with Crippen molar-refractivity contribution in [3.05, 3.63) is 83.8 Å². The Labute approximate surface area is 147 Å². The molecule has 1 unspecified atom stereocenters. The molecule has 2 heterocycles. The quantitative estimate of drug-likeness (QED) is 0.737. The average Bonchev–Trinajstić information content (AvgIpc) is 2.68. The van der Waals surface area contributed by atoms with Crippen molar-refractivity contribution in [1.29, 1.82) is 5.26 Å². The summed E-state index contributed by atoms with van der Waals surface area (Å²) in [5.41, 5.74) is 2.71. The summed E-state index contributed by atoms with van der Waals surface area (Å²) in [7, 11) is 0. The number of ether oxygens (including phenoxy) is 1. The van der Waals surface area contributed by atoms with E-state index in [0.717, 1.165) is 22.7 Å². The Bertz CT molecular complexity index is 840. The van der Waals surface area contributed by atoms with Crippen LogP contribution in [-0.2, 0) is 6.61 Å². The highest BCUT2D eigenvalue weighted by Gasteiger charge is 2.06. The molecule has 3 aromatic rings. The number of nitriles is 1. The number of rotatable bonds is 6. The van der Waals surface area contributed by atoms with Crippen molar-refractivity contribution in [3.8, 4) is 11.8 Å². The minimum absolute atomic E-state index is 0.0906. The van der Waals surface area contributed by atoms with E-state index in [1.165, 1.54) is 0 Å². The molecule has 2 aromatic heterocycles. The Balaban J connectivity index is 1.58. The predicted molar refractivity (Wildman–Crippen MR) is 96.0 cm³/mol. The first-order valence-corrected chi connectivity index (χ1v) is 7.99. The van der Waals surface area contributed by atoms with E-state index >= 15 is 0 Å². The van der Waals surface area contributed by atoms with Gasteiger partial charge in [-0.3, -0.25) is 4.98 Å². The lowest BCUT2D eigenvalue weighted by atomic mass is 10.1. The van der Waals surface area contributed by atoms with Crippen LogP contribution < -0.4 is 10.1 Å². The summed E-state index contributed by atoms with van der Waals surface area (Å²) in [6, 6.07) is 17.5. The van der Waals surface area contributed by atoms with Crippen LogP contribution in [0, 0.1) is 11.3 Å². The maximum absolute atomic E-state index is 8.81. The van der Waals surface area contributed by atoms with Crippen LogP contribution in [0.1, 0.15) is 29.7 Å². The van der Waals surface area contributed by atoms with Gasteiger partial charge < -0.3 is 10.1 Å². The molecular formula is C20H18N4O. The third-order valence-corrected chi connectivity index (χ3v) is 3.77. The standard InChI is InChI=1S/C20H18N4O/c1-15(24-20-9-4-16(11-21)13-23-20)18-5-7-19(8-6-18)25-14-17-3-2-10-22-12-17/h2-10,12-13,15H,14H2,1H3,(H,23,24). The molecule has 3 rings (SSSR count). The molecule has 0 aliphatic rings. The molecule has 25 heavy (non-hydrogen) atoms. The first-order valence-electron chi connectivity index (χ1n) is 7.99. The highest BCUT2D eigenvalue weighted by Crippen LogP contribution is 2.21. The summed E-state index contributed by atoms with van der Waals surface area (Å²) >= 11 is 0. The fourth-order valence-electron chi connectivity index (χ4n) is 2.35. The molecule has 5 nitrogen and oxygen atoms in total. The minimum Gasteiger partial charge on any atom is -0.489 e. The number of hydrogen-bond donors (Lipinski definition) is 1. The van der Waals surface area contributed by atoms with E-state index in [-0.39, 0.29) is 6.04 Å². The van der Waals surface area contributed by atoms with Crippen LogP contribution in [0.4, 0.5) is 5.82 Å². The van der Waals surface area contributed by atoms with Crippen molar-refractivity contribution < 1.29 is 4.74 Å². The number of nitrogens with one attached hydrogen (secondary N) is 1. The lowest BCUT2D eigenvalue weighted by Crippen LogP contribution is -2.07. The zero-order valence-corrected chi connectivity index (χ0v) is 13.9. The van der Waals surface area contributed by atoms with Crippen molar-refractivity contribution in [3.63, 3.8) is 0 Å². The van der Waals surface area contributed by atoms with E-state index in [1.807, 2.05) is 36.4 Å². The highest BCUT2D eigenvalue weighted by molar-refractivity contribution is 5.42. The van der Waals surface area contributed by atoms with Crippen LogP contribution in [0.15, 0.2) is 67.1 Å². The highest BCUT2D eigenvalue weighted by atomic mass is 16.5. The van der Waals surface area contributed by atoms with Gasteiger partial charge >= 0.3 is 0 Å². The Hall–Kier alpha value is -3.39. The van der Waals surface area contributed by atoms with Gasteiger partial charge in [-0.2, -0.15) is 5.26 Å². The van der Waals surface area contributed by atoms with Gasteiger partial charge in [0.1, 0.15) is 24.2 Å². The van der Waals surface area contributed by atoms with E-state index in [9.17, 15) is 0 Å². The molecular weight excluding hydrogens is 312 g/mol. The largest absolute Gasteiger partial charge is 0.489 e. The SMILES string of the molecule is CC(Nc1ccc(C#N)cn1)c1ccc(OCc2cccnc2)cc1. The average molecular weight is 330 g/mol. The molecule has 0 saturated heterocycles. The molecule has 0 aliphatic heterocycles. The van der Waals surface area contributed by atoms with Crippen LogP contribution in [-0.4, -0.2) is 9.97 Å². The van der Waals surface area contributed by atoms with Gasteiger partial charge in [-0.05, 0) is 42.8 Å². The van der Waals surface area contributed by atoms with Gasteiger partial charge in [-0.25, -0.2) is 4.98 Å². The number of hydrogen-bond acceptors (Lipinski definition) is 5. The zero-order valence-electron chi connectivity index (χ0n) is 13.9. The third kappa shape index (κ3) is 4.55. The van der Waals surface area contributed by atoms with Crippen molar-refractivity contribution in [2.75, 3.05) is 5.32 Å². The molecule has 0 spiro atoms. The monoisotopic (exact) mass is 330 g/mol. The van der Waals surface area contributed by atoms with Gasteiger partial charge in [0.15, 0.2) is 0 Å². The fraction of sp³-hybridized carbons (Fsp3) is 0.150. The van der Waals surface area contributed by atoms with Crippen molar-refractivity contribution >= 4 is 5.82 Å². The lowest BCUT2D eigenvalue weighted by molar-refractivity contribution is 0.305. The number of anilines is 1. The summed E-state index contributed by atoms with van der Waals surface area (Å²) in [6.45, 7) is 2.56. The molecule has 5 heteroatoms. The van der Waals surface area contributed by atoms with Gasteiger partial charge in [0, 0.05) is 30.2 Å². The van der Waals surface area contributed by atoms with Crippen LogP contribution in [0.2, 0.25) is 0 Å². The number of pyridine rings is 2. The second-order valence-electron chi connectivity index (χ2n) is 5.63. The number of benzene rings is 1. The normalized spacial score (nSPS) is 11.4. The van der Waals surface area contributed by atoms with Crippen LogP contribution in [0.25, 0.3) is 0 Å². The maximum Gasteiger partial charge on any atom is 0.126 e. The third-order valence-electron chi connectivity index (χ3n) is 3.77. The second kappa shape index (κ2) is 7.93. The molecule has 0 saturated carbocycles. The van der Waals surface area contributed by atoms with E-state index in [4.69, 9.17) is 10.00 Å². The van der Waals surface area contributed by atoms with E-state index in [2.05, 4.69) is 28.3 Å². The fourth-order valence-corrected chi connectivity index (χ4v) is 2.35. The van der Waals surface area contributed by atoms with E-state index in [1.54, 1.807) is 30.7 Å². The smallest absolute Gasteiger partial charge is 0.126 e. The number of nitrogens with zero attached hydrogens (tertiary/aromatic N) is 3. The Morgan fingerprint density at radius 2 is 1.96 bits per heavy atom. The van der Waals surface area contributed by atoms with Crippen molar-refractivity contribution in [2.24, 2.45) is 0 Å². The first kappa shape index (κ1) is 16.5. The molecule has 0 fully saturated rings. The van der Waals surface area contributed by atoms with E-state index < -0.39 is 0 Å². The van der Waals surface area contributed by atoms with Gasteiger partial charge in [0.25, 0.3) is 0 Å². The second-order valence-corrected chi connectivity index (χ2v) is 5.63. The molecule has 124 valence electrons. The van der Waals surface area contributed by atoms with Gasteiger partial charge in [-0.1, -0.05) is 18.2 Å². The molecule has 1 aromatic carbocycles. The summed E-state index contributed by atoms with van der Waals surface area (Å²) in [4.78, 5) is 8.30. The summed E-state index contributed by atoms with van der Waals surface area (Å²) < 4.78 is 5.77. The molecule has 1 N–H and O–H groups in total. The maximum atomic E-state index is 8.81. The van der Waals surface area contributed by atoms with Crippen LogP contribution in [0.3, 0.4) is 0 Å². The summed E-state index contributed by atoms with van der Waals surface area (Å²) in [5, 5.41) is 12.1. The Kier molecular flexibility index (Phi) is 5.22. The minimum atomic E-state index is 0.0906. The van der Waals surface area contributed by atoms with Crippen molar-refractivity contribution in [1.82, 2.24) is 9.97 Å². The molecule has 1 atom stereocenters. The molecule has 0 amide bonds. The van der Waals surface area contributed by atoms with E-state index in [0.29, 0.717) is 12.2 Å². The molecule has 0 bridgehead atoms. The van der Waals surface area contributed by atoms with Crippen LogP contribution in [0.5, 0.6) is 5.75 Å². The topological polar surface area (TPSA) is 70.8 Å². The Morgan fingerprint density at radius 3 is 2.60 bits per heavy atom. The van der Waals surface area contributed by atoms with Gasteiger partial charge in [-0.15, -0.1) is 0 Å². The van der Waals surface area contributed by atoms with Gasteiger partial charge in [0.05, 0.1) is 5.56 Å². The predicted octanol–water partition coefficient (Wildman–Crippen LogP) is 4.10. The first-order chi connectivity index (χ1) is 12.2. The summed E-state index contributed by atoms with van der Waals surface area (Å²) in [5.74, 6) is 1.56. The number of aromatic nitrogens is 2. The van der Waals surface area contributed by atoms with Gasteiger partial charge in [0.2, 0.25) is 0 Å². The van der Waals surface area contributed by atoms with Crippen LogP contribution >= 0.6 is 0 Å². The Morgan fingerprint density at radius 1 is 1.12 bits per heavy atom. The zero-order chi connectivity index (χ0) is 17.5. The molecule has 0 radical (unpaired) electrons. The van der Waals surface area contributed by atoms with Crippen molar-refractivity contribution in [2.45, 2.75) is 19.6 Å². The lowest BCUT2D eigenvalue weighted by Gasteiger charge is -2.15. The summed E-state index contributed by atoms with van der Waals surface area (Å²) in [6.07, 6.45) is 5.10.